The van der Waals surface area contributed by atoms with Gasteiger partial charge in [-0.25, -0.2) is 0 Å². The van der Waals surface area contributed by atoms with E-state index in [0.717, 1.165) is 19.4 Å². The highest BCUT2D eigenvalue weighted by Crippen LogP contribution is 2.18. The van der Waals surface area contributed by atoms with Crippen LogP contribution >= 0.6 is 0 Å². The molecule has 1 unspecified atom stereocenters. The molecule has 0 saturated heterocycles. The fourth-order valence-corrected chi connectivity index (χ4v) is 2.21. The molecule has 0 aliphatic carbocycles. The number of terminal acetylenes is 1. The third-order valence-electron chi connectivity index (χ3n) is 3.20. The average Bonchev–Trinajstić information content (AvgIpc) is 2.43. The SMILES string of the molecule is C#CC(CCC)NCc1cccc2ccccc12. The van der Waals surface area contributed by atoms with Gasteiger partial charge in [-0.3, -0.25) is 5.32 Å². The molecule has 0 aromatic heterocycles. The van der Waals surface area contributed by atoms with Gasteiger partial charge in [0.25, 0.3) is 0 Å². The molecule has 1 N–H and O–H groups in total. The van der Waals surface area contributed by atoms with Crippen LogP contribution in [0.15, 0.2) is 42.5 Å². The van der Waals surface area contributed by atoms with Crippen molar-refractivity contribution in [2.24, 2.45) is 0 Å². The van der Waals surface area contributed by atoms with Crippen LogP contribution in [0.3, 0.4) is 0 Å². The topological polar surface area (TPSA) is 12.0 Å². The smallest absolute Gasteiger partial charge is 0.0689 e. The molecule has 18 heavy (non-hydrogen) atoms. The maximum atomic E-state index is 5.52. The van der Waals surface area contributed by atoms with Crippen LogP contribution in [-0.2, 0) is 6.54 Å². The van der Waals surface area contributed by atoms with Gasteiger partial charge in [0.2, 0.25) is 0 Å². The molecular weight excluding hydrogens is 218 g/mol. The molecular formula is C17H19N. The Morgan fingerprint density at radius 2 is 1.94 bits per heavy atom. The Morgan fingerprint density at radius 3 is 2.72 bits per heavy atom. The molecule has 0 heterocycles. The van der Waals surface area contributed by atoms with Crippen molar-refractivity contribution in [2.75, 3.05) is 0 Å². The van der Waals surface area contributed by atoms with E-state index in [-0.39, 0.29) is 6.04 Å². The maximum Gasteiger partial charge on any atom is 0.0689 e. The zero-order valence-electron chi connectivity index (χ0n) is 10.8. The van der Waals surface area contributed by atoms with Crippen molar-refractivity contribution < 1.29 is 0 Å². The van der Waals surface area contributed by atoms with Crippen molar-refractivity contribution in [3.8, 4) is 12.3 Å². The van der Waals surface area contributed by atoms with Crippen molar-refractivity contribution >= 4 is 10.8 Å². The summed E-state index contributed by atoms with van der Waals surface area (Å²) in [5.74, 6) is 2.81. The van der Waals surface area contributed by atoms with Crippen molar-refractivity contribution in [1.82, 2.24) is 5.32 Å². The van der Waals surface area contributed by atoms with E-state index in [1.165, 1.54) is 16.3 Å². The van der Waals surface area contributed by atoms with Gasteiger partial charge >= 0.3 is 0 Å². The van der Waals surface area contributed by atoms with Crippen LogP contribution < -0.4 is 5.32 Å². The minimum atomic E-state index is 0.175. The normalized spacial score (nSPS) is 12.2. The molecule has 0 bridgehead atoms. The molecule has 0 aliphatic rings. The standard InChI is InChI=1S/C17H19N/c1-3-8-16(4-2)18-13-15-11-7-10-14-9-5-6-12-17(14)15/h2,5-7,9-12,16,18H,3,8,13H2,1H3. The number of rotatable bonds is 5. The summed E-state index contributed by atoms with van der Waals surface area (Å²) in [5.41, 5.74) is 1.31. The highest BCUT2D eigenvalue weighted by atomic mass is 14.9. The van der Waals surface area contributed by atoms with E-state index >= 15 is 0 Å². The molecule has 1 atom stereocenters. The van der Waals surface area contributed by atoms with Gasteiger partial charge in [0.05, 0.1) is 6.04 Å². The minimum Gasteiger partial charge on any atom is -0.300 e. The lowest BCUT2D eigenvalue weighted by Crippen LogP contribution is -2.26. The minimum absolute atomic E-state index is 0.175. The van der Waals surface area contributed by atoms with Crippen molar-refractivity contribution in [3.63, 3.8) is 0 Å². The van der Waals surface area contributed by atoms with Gasteiger partial charge in [-0.05, 0) is 22.8 Å². The lowest BCUT2D eigenvalue weighted by Gasteiger charge is -2.13. The van der Waals surface area contributed by atoms with Crippen molar-refractivity contribution in [2.45, 2.75) is 32.4 Å². The van der Waals surface area contributed by atoms with Crippen LogP contribution in [0.25, 0.3) is 10.8 Å². The van der Waals surface area contributed by atoms with E-state index < -0.39 is 0 Å². The zero-order valence-corrected chi connectivity index (χ0v) is 10.8. The van der Waals surface area contributed by atoms with Crippen LogP contribution in [0.2, 0.25) is 0 Å². The second-order valence-electron chi connectivity index (χ2n) is 4.53. The van der Waals surface area contributed by atoms with E-state index in [9.17, 15) is 0 Å². The number of hydrogen-bond acceptors (Lipinski definition) is 1. The monoisotopic (exact) mass is 237 g/mol. The Hall–Kier alpha value is -1.78. The molecule has 92 valence electrons. The number of benzene rings is 2. The first-order valence-corrected chi connectivity index (χ1v) is 6.51. The maximum absolute atomic E-state index is 5.52. The fourth-order valence-electron chi connectivity index (χ4n) is 2.21. The van der Waals surface area contributed by atoms with Gasteiger partial charge < -0.3 is 0 Å². The lowest BCUT2D eigenvalue weighted by molar-refractivity contribution is 0.564. The third kappa shape index (κ3) is 2.91. The average molecular weight is 237 g/mol. The van der Waals surface area contributed by atoms with Gasteiger partial charge in [-0.1, -0.05) is 61.7 Å². The van der Waals surface area contributed by atoms with E-state index in [4.69, 9.17) is 6.42 Å². The number of fused-ring (bicyclic) bond motifs is 1. The van der Waals surface area contributed by atoms with Crippen LogP contribution in [0.1, 0.15) is 25.3 Å². The first kappa shape index (κ1) is 12.7. The highest BCUT2D eigenvalue weighted by molar-refractivity contribution is 5.85. The number of nitrogens with one attached hydrogen (secondary N) is 1. The quantitative estimate of drug-likeness (QED) is 0.781. The van der Waals surface area contributed by atoms with E-state index in [1.807, 2.05) is 0 Å². The summed E-state index contributed by atoms with van der Waals surface area (Å²) in [4.78, 5) is 0. The third-order valence-corrected chi connectivity index (χ3v) is 3.20. The van der Waals surface area contributed by atoms with Crippen LogP contribution in [-0.4, -0.2) is 6.04 Å². The first-order chi connectivity index (χ1) is 8.85. The second-order valence-corrected chi connectivity index (χ2v) is 4.53. The van der Waals surface area contributed by atoms with E-state index in [1.54, 1.807) is 0 Å². The summed E-state index contributed by atoms with van der Waals surface area (Å²) in [6.07, 6.45) is 7.66. The molecule has 2 rings (SSSR count). The van der Waals surface area contributed by atoms with E-state index in [2.05, 4.69) is 60.6 Å². The molecule has 0 saturated carbocycles. The summed E-state index contributed by atoms with van der Waals surface area (Å²) in [6, 6.07) is 15.0. The largest absolute Gasteiger partial charge is 0.300 e. The summed E-state index contributed by atoms with van der Waals surface area (Å²) in [7, 11) is 0. The molecule has 0 spiro atoms. The van der Waals surface area contributed by atoms with Gasteiger partial charge in [0.1, 0.15) is 0 Å². The highest BCUT2D eigenvalue weighted by Gasteiger charge is 2.04. The predicted molar refractivity (Wildman–Crippen MR) is 78.3 cm³/mol. The van der Waals surface area contributed by atoms with E-state index in [0.29, 0.717) is 0 Å². The first-order valence-electron chi connectivity index (χ1n) is 6.51. The molecule has 2 aromatic rings. The Morgan fingerprint density at radius 1 is 1.17 bits per heavy atom. The molecule has 1 nitrogen and oxygen atoms in total. The Bertz CT molecular complexity index is 546. The van der Waals surface area contributed by atoms with Gasteiger partial charge in [-0.15, -0.1) is 6.42 Å². The van der Waals surface area contributed by atoms with Gasteiger partial charge in [-0.2, -0.15) is 0 Å². The predicted octanol–water partition coefficient (Wildman–Crippen LogP) is 3.73. The summed E-state index contributed by atoms with van der Waals surface area (Å²) < 4.78 is 0. The fraction of sp³-hybridized carbons (Fsp3) is 0.294. The lowest BCUT2D eigenvalue weighted by atomic mass is 10.0. The Balaban J connectivity index is 2.15. The van der Waals surface area contributed by atoms with Crippen LogP contribution in [0, 0.1) is 12.3 Å². The Kier molecular flexibility index (Phi) is 4.39. The molecule has 0 aliphatic heterocycles. The van der Waals surface area contributed by atoms with Crippen molar-refractivity contribution in [1.29, 1.82) is 0 Å². The molecule has 0 fully saturated rings. The summed E-state index contributed by atoms with van der Waals surface area (Å²) in [5, 5.41) is 6.03. The van der Waals surface area contributed by atoms with Crippen LogP contribution in [0.4, 0.5) is 0 Å². The summed E-state index contributed by atoms with van der Waals surface area (Å²) >= 11 is 0. The van der Waals surface area contributed by atoms with Crippen LogP contribution in [0.5, 0.6) is 0 Å². The van der Waals surface area contributed by atoms with Gasteiger partial charge in [0.15, 0.2) is 0 Å². The molecule has 0 radical (unpaired) electrons. The zero-order chi connectivity index (χ0) is 12.8. The number of hydrogen-bond donors (Lipinski definition) is 1. The van der Waals surface area contributed by atoms with Crippen molar-refractivity contribution in [3.05, 3.63) is 48.0 Å². The molecule has 1 heteroatoms. The molecule has 0 amide bonds. The second kappa shape index (κ2) is 6.23. The molecule has 2 aromatic carbocycles. The Labute approximate surface area is 109 Å². The van der Waals surface area contributed by atoms with Gasteiger partial charge in [0, 0.05) is 6.54 Å². The summed E-state index contributed by atoms with van der Waals surface area (Å²) in [6.45, 7) is 2.99.